The lowest BCUT2D eigenvalue weighted by Gasteiger charge is -2.14. The Morgan fingerprint density at radius 3 is 2.72 bits per heavy atom. The normalized spacial score (nSPS) is 10.5. The third-order valence-electron chi connectivity index (χ3n) is 4.64. The Morgan fingerprint density at radius 2 is 2.00 bits per heavy atom. The third-order valence-corrected chi connectivity index (χ3v) is 4.84. The molecular weight excluding hydrogens is 428 g/mol. The van der Waals surface area contributed by atoms with Crippen LogP contribution < -0.4 is 20.1 Å². The smallest absolute Gasteiger partial charge is 0.257 e. The van der Waals surface area contributed by atoms with Gasteiger partial charge in [-0.2, -0.15) is 0 Å². The van der Waals surface area contributed by atoms with Crippen molar-refractivity contribution in [3.05, 3.63) is 65.9 Å². The van der Waals surface area contributed by atoms with Gasteiger partial charge in [0.15, 0.2) is 5.11 Å². The van der Waals surface area contributed by atoms with Crippen LogP contribution in [0.5, 0.6) is 11.5 Å². The summed E-state index contributed by atoms with van der Waals surface area (Å²) >= 11 is 5.33. The van der Waals surface area contributed by atoms with Crippen molar-refractivity contribution in [1.82, 2.24) is 5.32 Å². The number of hydrogen-bond donors (Lipinski definition) is 3. The summed E-state index contributed by atoms with van der Waals surface area (Å²) in [5, 5.41) is 15.0. The van der Waals surface area contributed by atoms with E-state index in [0.29, 0.717) is 40.9 Å². The van der Waals surface area contributed by atoms with Gasteiger partial charge in [-0.3, -0.25) is 10.1 Å². The molecule has 0 spiro atoms. The van der Waals surface area contributed by atoms with Gasteiger partial charge in [-0.15, -0.1) is 0 Å². The minimum Gasteiger partial charge on any atom is -0.495 e. The number of nitrogens with one attached hydrogen (secondary N) is 2. The first kappa shape index (κ1) is 23.3. The molecule has 0 aliphatic carbocycles. The Kier molecular flexibility index (Phi) is 8.24. The fourth-order valence-electron chi connectivity index (χ4n) is 2.97. The van der Waals surface area contributed by atoms with Crippen LogP contribution >= 0.6 is 12.2 Å². The number of amides is 1. The van der Waals surface area contributed by atoms with E-state index in [1.54, 1.807) is 49.6 Å². The second kappa shape index (κ2) is 11.3. The quantitative estimate of drug-likeness (QED) is 0.317. The largest absolute Gasteiger partial charge is 0.495 e. The maximum Gasteiger partial charge on any atom is 0.257 e. The molecule has 2 aromatic carbocycles. The Labute approximate surface area is 192 Å². The first-order valence-electron chi connectivity index (χ1n) is 10.3. The first-order valence-corrected chi connectivity index (χ1v) is 10.7. The molecule has 0 fully saturated rings. The van der Waals surface area contributed by atoms with Gasteiger partial charge in [0.2, 0.25) is 0 Å². The lowest BCUT2D eigenvalue weighted by atomic mass is 10.1. The molecule has 1 aromatic heterocycles. The van der Waals surface area contributed by atoms with E-state index < -0.39 is 0 Å². The molecule has 0 saturated carbocycles. The van der Waals surface area contributed by atoms with E-state index >= 15 is 0 Å². The Hall–Kier alpha value is -3.36. The molecule has 0 aliphatic heterocycles. The number of rotatable bonds is 9. The van der Waals surface area contributed by atoms with Crippen molar-refractivity contribution in [2.24, 2.45) is 0 Å². The maximum absolute atomic E-state index is 12.6. The highest BCUT2D eigenvalue weighted by Crippen LogP contribution is 2.31. The zero-order chi connectivity index (χ0) is 22.9. The van der Waals surface area contributed by atoms with E-state index in [9.17, 15) is 9.90 Å². The topological polar surface area (TPSA) is 93.0 Å². The predicted octanol–water partition coefficient (Wildman–Crippen LogP) is 4.75. The zero-order valence-corrected chi connectivity index (χ0v) is 18.8. The Bertz CT molecular complexity index is 1080. The van der Waals surface area contributed by atoms with Gasteiger partial charge in [0.25, 0.3) is 5.91 Å². The number of hydrogen-bond acceptors (Lipinski definition) is 6. The molecule has 1 amide bonds. The number of aliphatic hydroxyl groups is 1. The third kappa shape index (κ3) is 6.09. The van der Waals surface area contributed by atoms with Crippen LogP contribution in [0, 0.1) is 0 Å². The fraction of sp³-hybridized carbons (Fsp3) is 0.250. The van der Waals surface area contributed by atoms with Crippen LogP contribution in [0.1, 0.15) is 35.9 Å². The number of benzene rings is 2. The minimum absolute atomic E-state index is 0.123. The molecule has 3 aromatic rings. The van der Waals surface area contributed by atoms with Crippen LogP contribution in [0.15, 0.2) is 59.0 Å². The first-order chi connectivity index (χ1) is 15.5. The highest BCUT2D eigenvalue weighted by atomic mass is 32.1. The summed E-state index contributed by atoms with van der Waals surface area (Å²) in [6.45, 7) is 2.52. The minimum atomic E-state index is -0.350. The Balaban J connectivity index is 1.69. The Morgan fingerprint density at radius 1 is 1.16 bits per heavy atom. The van der Waals surface area contributed by atoms with Crippen LogP contribution in [0.3, 0.4) is 0 Å². The molecule has 0 saturated heterocycles. The second-order valence-electron chi connectivity index (χ2n) is 6.98. The number of thiocarbonyl (C=S) groups is 1. The summed E-state index contributed by atoms with van der Waals surface area (Å²) in [7, 11) is 1.54. The van der Waals surface area contributed by atoms with Crippen LogP contribution in [0.4, 0.5) is 5.69 Å². The van der Waals surface area contributed by atoms with E-state index in [1.165, 1.54) is 0 Å². The molecular formula is C24H26N2O5S. The molecule has 7 nitrogen and oxygen atoms in total. The summed E-state index contributed by atoms with van der Waals surface area (Å²) in [5.41, 5.74) is 1.77. The van der Waals surface area contributed by atoms with Gasteiger partial charge in [-0.25, -0.2) is 0 Å². The van der Waals surface area contributed by atoms with Crippen LogP contribution in [0.2, 0.25) is 0 Å². The van der Waals surface area contributed by atoms with Crippen LogP contribution in [-0.4, -0.2) is 29.8 Å². The fourth-order valence-corrected chi connectivity index (χ4v) is 3.17. The molecule has 8 heteroatoms. The number of ether oxygens (including phenoxy) is 2. The van der Waals surface area contributed by atoms with Gasteiger partial charge in [0.05, 0.1) is 19.4 Å². The number of unbranched alkanes of at least 4 members (excludes halogenated alkanes) is 1. The van der Waals surface area contributed by atoms with Gasteiger partial charge in [-0.1, -0.05) is 19.4 Å². The highest BCUT2D eigenvalue weighted by Gasteiger charge is 2.13. The summed E-state index contributed by atoms with van der Waals surface area (Å²) in [5.74, 6) is 1.89. The van der Waals surface area contributed by atoms with E-state index in [-0.39, 0.29) is 17.6 Å². The summed E-state index contributed by atoms with van der Waals surface area (Å²) in [6, 6.07) is 15.8. The van der Waals surface area contributed by atoms with Gasteiger partial charge < -0.3 is 24.3 Å². The van der Waals surface area contributed by atoms with E-state index in [0.717, 1.165) is 18.4 Å². The lowest BCUT2D eigenvalue weighted by Crippen LogP contribution is -2.34. The number of carbonyl (C=O) groups excluding carboxylic acids is 1. The molecule has 32 heavy (non-hydrogen) atoms. The maximum atomic E-state index is 12.6. The van der Waals surface area contributed by atoms with E-state index in [2.05, 4.69) is 17.6 Å². The number of methoxy groups -OCH3 is 1. The van der Waals surface area contributed by atoms with Crippen molar-refractivity contribution < 1.29 is 23.8 Å². The molecule has 3 N–H and O–H groups in total. The highest BCUT2D eigenvalue weighted by molar-refractivity contribution is 7.80. The average molecular weight is 455 g/mol. The van der Waals surface area contributed by atoms with Gasteiger partial charge in [-0.05, 0) is 67.2 Å². The summed E-state index contributed by atoms with van der Waals surface area (Å²) < 4.78 is 16.6. The van der Waals surface area contributed by atoms with Gasteiger partial charge >= 0.3 is 0 Å². The SMILES string of the molecule is CCCCOc1cccc(C(=O)NC(=S)Nc2cc(-c3ccc(CO)o3)ccc2OC)c1. The number of aliphatic hydroxyl groups excluding tert-OH is 1. The molecule has 0 unspecified atom stereocenters. The van der Waals surface area contributed by atoms with Crippen molar-refractivity contribution in [2.45, 2.75) is 26.4 Å². The summed E-state index contributed by atoms with van der Waals surface area (Å²) in [4.78, 5) is 12.6. The lowest BCUT2D eigenvalue weighted by molar-refractivity contribution is 0.0977. The zero-order valence-electron chi connectivity index (χ0n) is 18.0. The van der Waals surface area contributed by atoms with Crippen LogP contribution in [-0.2, 0) is 6.61 Å². The van der Waals surface area contributed by atoms with Gasteiger partial charge in [0, 0.05) is 11.1 Å². The molecule has 0 aliphatic rings. The standard InChI is InChI=1S/C24H26N2O5S/c1-3-4-12-30-18-7-5-6-17(13-18)23(28)26-24(32)25-20-14-16(8-10-22(20)29-2)21-11-9-19(15-27)31-21/h5-11,13-14,27H,3-4,12,15H2,1-2H3,(H2,25,26,28,32). The molecule has 0 atom stereocenters. The van der Waals surface area contributed by atoms with E-state index in [1.807, 2.05) is 12.1 Å². The van der Waals surface area contributed by atoms with Crippen molar-refractivity contribution in [2.75, 3.05) is 19.0 Å². The van der Waals surface area contributed by atoms with Gasteiger partial charge in [0.1, 0.15) is 29.6 Å². The molecule has 1 heterocycles. The number of anilines is 1. The van der Waals surface area contributed by atoms with E-state index in [4.69, 9.17) is 26.1 Å². The van der Waals surface area contributed by atoms with Crippen molar-refractivity contribution in [3.63, 3.8) is 0 Å². The molecule has 3 rings (SSSR count). The predicted molar refractivity (Wildman–Crippen MR) is 127 cm³/mol. The van der Waals surface area contributed by atoms with Crippen LogP contribution in [0.25, 0.3) is 11.3 Å². The molecule has 0 radical (unpaired) electrons. The molecule has 0 bridgehead atoms. The monoisotopic (exact) mass is 454 g/mol. The number of carbonyl (C=O) groups is 1. The average Bonchev–Trinajstić information content (AvgIpc) is 3.29. The van der Waals surface area contributed by atoms with Crippen molar-refractivity contribution in [3.8, 4) is 22.8 Å². The van der Waals surface area contributed by atoms with Crippen molar-refractivity contribution in [1.29, 1.82) is 0 Å². The second-order valence-corrected chi connectivity index (χ2v) is 7.39. The molecule has 168 valence electrons. The summed E-state index contributed by atoms with van der Waals surface area (Å²) in [6.07, 6.45) is 1.98. The number of furan rings is 1. The van der Waals surface area contributed by atoms with Crippen molar-refractivity contribution >= 4 is 28.9 Å².